The minimum atomic E-state index is -0.124. The van der Waals surface area contributed by atoms with E-state index in [0.717, 1.165) is 17.1 Å². The number of amides is 1. The van der Waals surface area contributed by atoms with Crippen LogP contribution in [0.3, 0.4) is 0 Å². The number of nitrogens with one attached hydrogen (secondary N) is 2. The Labute approximate surface area is 143 Å². The molecule has 0 spiro atoms. The first-order chi connectivity index (χ1) is 11.6. The van der Waals surface area contributed by atoms with Crippen LogP contribution in [0.25, 0.3) is 0 Å². The number of benzene rings is 1. The predicted molar refractivity (Wildman–Crippen MR) is 96.1 cm³/mol. The van der Waals surface area contributed by atoms with Gasteiger partial charge in [0.2, 0.25) is 0 Å². The zero-order valence-electron chi connectivity index (χ0n) is 14.2. The summed E-state index contributed by atoms with van der Waals surface area (Å²) >= 11 is 0. The fraction of sp³-hybridized carbons (Fsp3) is 0.368. The number of rotatable bonds is 8. The van der Waals surface area contributed by atoms with Crippen LogP contribution >= 0.6 is 0 Å². The van der Waals surface area contributed by atoms with Crippen molar-refractivity contribution in [1.29, 1.82) is 0 Å². The highest BCUT2D eigenvalue weighted by atomic mass is 16.3. The Morgan fingerprint density at radius 2 is 1.92 bits per heavy atom. The van der Waals surface area contributed by atoms with Crippen LogP contribution in [0, 0.1) is 0 Å². The topological polar surface area (TPSA) is 74.2 Å². The van der Waals surface area contributed by atoms with Crippen LogP contribution in [0.2, 0.25) is 0 Å². The molecule has 1 amide bonds. The van der Waals surface area contributed by atoms with Crippen molar-refractivity contribution < 1.29 is 9.90 Å². The van der Waals surface area contributed by atoms with Crippen molar-refractivity contribution in [3.05, 3.63) is 59.4 Å². The molecule has 0 fully saturated rings. The summed E-state index contributed by atoms with van der Waals surface area (Å²) in [6.07, 6.45) is 0.563. The molecule has 0 aliphatic rings. The molecule has 0 radical (unpaired) electrons. The van der Waals surface area contributed by atoms with E-state index in [4.69, 9.17) is 5.11 Å². The minimum absolute atomic E-state index is 0.0786. The third-order valence-corrected chi connectivity index (χ3v) is 3.66. The van der Waals surface area contributed by atoms with Gasteiger partial charge in [-0.2, -0.15) is 0 Å². The highest BCUT2D eigenvalue weighted by Gasteiger charge is 2.05. The van der Waals surface area contributed by atoms with Crippen molar-refractivity contribution in [1.82, 2.24) is 10.3 Å². The molecule has 1 aromatic heterocycles. The summed E-state index contributed by atoms with van der Waals surface area (Å²) in [5.41, 5.74) is 3.63. The van der Waals surface area contributed by atoms with Crippen LogP contribution in [0.15, 0.2) is 42.5 Å². The molecule has 2 rings (SSSR count). The lowest BCUT2D eigenvalue weighted by atomic mass is 10.1. The summed E-state index contributed by atoms with van der Waals surface area (Å²) < 4.78 is 0. The van der Waals surface area contributed by atoms with E-state index < -0.39 is 0 Å². The molecule has 0 aliphatic heterocycles. The second kappa shape index (κ2) is 9.03. The molecule has 24 heavy (non-hydrogen) atoms. The SMILES string of the molecule is CC(C)c1cccc(CNc2ccc(C(=O)NCCCO)cc2)n1. The van der Waals surface area contributed by atoms with E-state index >= 15 is 0 Å². The van der Waals surface area contributed by atoms with E-state index in [9.17, 15) is 4.79 Å². The number of nitrogens with zero attached hydrogens (tertiary/aromatic N) is 1. The lowest BCUT2D eigenvalue weighted by Crippen LogP contribution is -2.24. The predicted octanol–water partition coefficient (Wildman–Crippen LogP) is 2.93. The Hall–Kier alpha value is -2.40. The zero-order chi connectivity index (χ0) is 17.4. The van der Waals surface area contributed by atoms with Gasteiger partial charge in [0.25, 0.3) is 5.91 Å². The quantitative estimate of drug-likeness (QED) is 0.652. The van der Waals surface area contributed by atoms with Crippen LogP contribution in [-0.4, -0.2) is 29.1 Å². The highest BCUT2D eigenvalue weighted by molar-refractivity contribution is 5.94. The molecule has 0 saturated heterocycles. The zero-order valence-corrected chi connectivity index (χ0v) is 14.2. The molecular formula is C19H25N3O2. The first kappa shape index (κ1) is 17.9. The number of carbonyl (C=O) groups excluding carboxylic acids is 1. The normalized spacial score (nSPS) is 10.7. The number of carbonyl (C=O) groups is 1. The van der Waals surface area contributed by atoms with Crippen molar-refractivity contribution in [2.75, 3.05) is 18.5 Å². The van der Waals surface area contributed by atoms with Crippen molar-refractivity contribution >= 4 is 11.6 Å². The van der Waals surface area contributed by atoms with Crippen molar-refractivity contribution in [2.45, 2.75) is 32.7 Å². The molecule has 5 nitrogen and oxygen atoms in total. The molecule has 0 unspecified atom stereocenters. The summed E-state index contributed by atoms with van der Waals surface area (Å²) in [4.78, 5) is 16.5. The number of hydrogen-bond acceptors (Lipinski definition) is 4. The lowest BCUT2D eigenvalue weighted by molar-refractivity contribution is 0.0951. The van der Waals surface area contributed by atoms with Crippen LogP contribution < -0.4 is 10.6 Å². The molecular weight excluding hydrogens is 302 g/mol. The molecule has 2 aromatic rings. The first-order valence-electron chi connectivity index (χ1n) is 8.29. The van der Waals surface area contributed by atoms with Gasteiger partial charge in [-0.25, -0.2) is 0 Å². The minimum Gasteiger partial charge on any atom is -0.396 e. The molecule has 0 aliphatic carbocycles. The van der Waals surface area contributed by atoms with Gasteiger partial charge in [-0.15, -0.1) is 0 Å². The van der Waals surface area contributed by atoms with Gasteiger partial charge in [0.1, 0.15) is 0 Å². The summed E-state index contributed by atoms with van der Waals surface area (Å²) in [6.45, 7) is 5.46. The second-order valence-electron chi connectivity index (χ2n) is 5.97. The highest BCUT2D eigenvalue weighted by Crippen LogP contribution is 2.14. The second-order valence-corrected chi connectivity index (χ2v) is 5.97. The Kier molecular flexibility index (Phi) is 6.75. The molecule has 1 heterocycles. The van der Waals surface area contributed by atoms with E-state index in [1.54, 1.807) is 12.1 Å². The first-order valence-corrected chi connectivity index (χ1v) is 8.29. The summed E-state index contributed by atoms with van der Waals surface area (Å²) in [5, 5.41) is 14.8. The number of aromatic nitrogens is 1. The molecule has 1 aromatic carbocycles. The van der Waals surface area contributed by atoms with Gasteiger partial charge in [-0.1, -0.05) is 19.9 Å². The summed E-state index contributed by atoms with van der Waals surface area (Å²) in [5.74, 6) is 0.287. The third kappa shape index (κ3) is 5.35. The number of anilines is 1. The van der Waals surface area contributed by atoms with E-state index in [1.165, 1.54) is 0 Å². The van der Waals surface area contributed by atoms with Gasteiger partial charge >= 0.3 is 0 Å². The standard InChI is InChI=1S/C19H25N3O2/c1-14(2)18-6-3-5-17(22-18)13-21-16-9-7-15(8-10-16)19(24)20-11-4-12-23/h3,5-10,14,21,23H,4,11-13H2,1-2H3,(H,20,24). The van der Waals surface area contributed by atoms with Crippen molar-refractivity contribution in [3.63, 3.8) is 0 Å². The number of pyridine rings is 1. The Balaban J connectivity index is 1.90. The van der Waals surface area contributed by atoms with Gasteiger partial charge in [-0.3, -0.25) is 9.78 Å². The van der Waals surface area contributed by atoms with Crippen molar-refractivity contribution in [3.8, 4) is 0 Å². The maximum atomic E-state index is 11.9. The van der Waals surface area contributed by atoms with E-state index in [1.807, 2.05) is 30.3 Å². The van der Waals surface area contributed by atoms with Crippen LogP contribution in [-0.2, 0) is 6.54 Å². The summed E-state index contributed by atoms with van der Waals surface area (Å²) in [6, 6.07) is 13.4. The third-order valence-electron chi connectivity index (χ3n) is 3.66. The van der Waals surface area contributed by atoms with E-state index in [-0.39, 0.29) is 12.5 Å². The fourth-order valence-electron chi connectivity index (χ4n) is 2.23. The van der Waals surface area contributed by atoms with Gasteiger partial charge < -0.3 is 15.7 Å². The maximum Gasteiger partial charge on any atom is 0.251 e. The van der Waals surface area contributed by atoms with Crippen LogP contribution in [0.5, 0.6) is 0 Å². The fourth-order valence-corrected chi connectivity index (χ4v) is 2.23. The van der Waals surface area contributed by atoms with Crippen LogP contribution in [0.1, 0.15) is 47.9 Å². The monoisotopic (exact) mass is 327 g/mol. The van der Waals surface area contributed by atoms with E-state index in [0.29, 0.717) is 31.0 Å². The molecule has 5 heteroatoms. The van der Waals surface area contributed by atoms with Gasteiger partial charge in [0.05, 0.1) is 12.2 Å². The number of hydrogen-bond donors (Lipinski definition) is 3. The molecule has 128 valence electrons. The smallest absolute Gasteiger partial charge is 0.251 e. The van der Waals surface area contributed by atoms with Gasteiger partial charge in [0, 0.05) is 30.1 Å². The largest absolute Gasteiger partial charge is 0.396 e. The van der Waals surface area contributed by atoms with Crippen molar-refractivity contribution in [2.24, 2.45) is 0 Å². The molecule has 0 bridgehead atoms. The lowest BCUT2D eigenvalue weighted by Gasteiger charge is -2.10. The average molecular weight is 327 g/mol. The number of aliphatic hydroxyl groups excluding tert-OH is 1. The van der Waals surface area contributed by atoms with E-state index in [2.05, 4.69) is 29.5 Å². The molecule has 0 atom stereocenters. The Bertz CT molecular complexity index is 654. The Morgan fingerprint density at radius 3 is 2.58 bits per heavy atom. The molecule has 0 saturated carbocycles. The Morgan fingerprint density at radius 1 is 1.17 bits per heavy atom. The van der Waals surface area contributed by atoms with Gasteiger partial charge in [0.15, 0.2) is 0 Å². The van der Waals surface area contributed by atoms with Gasteiger partial charge in [-0.05, 0) is 48.7 Å². The summed E-state index contributed by atoms with van der Waals surface area (Å²) in [7, 11) is 0. The number of aliphatic hydroxyl groups is 1. The maximum absolute atomic E-state index is 11.9. The molecule has 3 N–H and O–H groups in total. The average Bonchev–Trinajstić information content (AvgIpc) is 2.60. The van der Waals surface area contributed by atoms with Crippen LogP contribution in [0.4, 0.5) is 5.69 Å².